The van der Waals surface area contributed by atoms with Crippen LogP contribution < -0.4 is 4.72 Å². The summed E-state index contributed by atoms with van der Waals surface area (Å²) in [6, 6.07) is 8.56. The first-order valence-electron chi connectivity index (χ1n) is 9.38. The van der Waals surface area contributed by atoms with Crippen molar-refractivity contribution in [2.24, 2.45) is 5.92 Å². The van der Waals surface area contributed by atoms with Crippen LogP contribution >= 0.6 is 35.0 Å². The lowest BCUT2D eigenvalue weighted by atomic mass is 9.85. The van der Waals surface area contributed by atoms with E-state index in [4.69, 9.17) is 23.2 Å². The minimum Gasteiger partial charge on any atom is -0.302 e. The standard InChI is InChI=1S/C19H19Cl2N3O4S2/c20-13-7-14(21)9-16(8-13)29-18-2-1-15(24(25)26)10-19(18)30(27,28)22-17-11-23-5-3-12(17)4-6-23/h1-2,7-10,12,17,22H,3-6,11H2. The molecule has 11 heteroatoms. The quantitative estimate of drug-likeness (QED) is 0.478. The Hall–Kier alpha value is -1.36. The van der Waals surface area contributed by atoms with E-state index < -0.39 is 14.9 Å². The largest absolute Gasteiger partial charge is 0.302 e. The average molecular weight is 488 g/mol. The van der Waals surface area contributed by atoms with E-state index in [2.05, 4.69) is 9.62 Å². The Bertz CT molecular complexity index is 1070. The SMILES string of the molecule is O=[N+]([O-])c1ccc(Sc2cc(Cl)cc(Cl)c2)c(S(=O)(=O)NC2CN3CCC2CC3)c1. The third-order valence-corrected chi connectivity index (χ3v) is 8.60. The van der Waals surface area contributed by atoms with Crippen molar-refractivity contribution < 1.29 is 13.3 Å². The van der Waals surface area contributed by atoms with Crippen LogP contribution in [0.15, 0.2) is 51.1 Å². The summed E-state index contributed by atoms with van der Waals surface area (Å²) in [7, 11) is -3.98. The number of rotatable bonds is 6. The normalized spacial score (nSPS) is 23.5. The van der Waals surface area contributed by atoms with Gasteiger partial charge in [-0.15, -0.1) is 0 Å². The molecule has 5 rings (SSSR count). The van der Waals surface area contributed by atoms with Gasteiger partial charge in [0.1, 0.15) is 4.90 Å². The Morgan fingerprint density at radius 1 is 1.10 bits per heavy atom. The smallest absolute Gasteiger partial charge is 0.270 e. The van der Waals surface area contributed by atoms with E-state index in [9.17, 15) is 18.5 Å². The number of nitro benzene ring substituents is 1. The molecule has 1 unspecified atom stereocenters. The Labute approximate surface area is 188 Å². The maximum Gasteiger partial charge on any atom is 0.270 e. The number of non-ortho nitro benzene ring substituents is 1. The number of fused-ring (bicyclic) bond motifs is 3. The summed E-state index contributed by atoms with van der Waals surface area (Å²) >= 11 is 13.3. The summed E-state index contributed by atoms with van der Waals surface area (Å²) in [6.07, 6.45) is 1.90. The lowest BCUT2D eigenvalue weighted by Gasteiger charge is -2.44. The van der Waals surface area contributed by atoms with E-state index in [1.807, 2.05) is 0 Å². The number of nitrogens with one attached hydrogen (secondary N) is 1. The molecule has 3 fully saturated rings. The second-order valence-corrected chi connectivity index (χ2v) is 11.1. The van der Waals surface area contributed by atoms with Gasteiger partial charge in [0.25, 0.3) is 5.69 Å². The van der Waals surface area contributed by atoms with E-state index in [1.165, 1.54) is 12.1 Å². The second kappa shape index (κ2) is 8.64. The highest BCUT2D eigenvalue weighted by molar-refractivity contribution is 8.00. The van der Waals surface area contributed by atoms with Crippen molar-refractivity contribution in [2.45, 2.75) is 33.6 Å². The van der Waals surface area contributed by atoms with Gasteiger partial charge >= 0.3 is 0 Å². The van der Waals surface area contributed by atoms with Gasteiger partial charge in [-0.2, -0.15) is 0 Å². The molecule has 0 saturated carbocycles. The van der Waals surface area contributed by atoms with Crippen LogP contribution in [0.25, 0.3) is 0 Å². The first kappa shape index (κ1) is 21.9. The Morgan fingerprint density at radius 2 is 1.77 bits per heavy atom. The number of hydrogen-bond acceptors (Lipinski definition) is 6. The fourth-order valence-electron chi connectivity index (χ4n) is 3.98. The van der Waals surface area contributed by atoms with E-state index in [0.717, 1.165) is 43.8 Å². The van der Waals surface area contributed by atoms with Gasteiger partial charge in [-0.25, -0.2) is 13.1 Å². The van der Waals surface area contributed by atoms with Gasteiger partial charge in [-0.3, -0.25) is 10.1 Å². The lowest BCUT2D eigenvalue weighted by molar-refractivity contribution is -0.385. The molecule has 7 nitrogen and oxygen atoms in total. The number of nitro groups is 1. The Kier molecular flexibility index (Phi) is 6.30. The minimum absolute atomic E-state index is 0.116. The predicted octanol–water partition coefficient (Wildman–Crippen LogP) is 4.43. The Balaban J connectivity index is 1.69. The molecule has 0 spiro atoms. The average Bonchev–Trinajstić information content (AvgIpc) is 2.68. The Morgan fingerprint density at radius 3 is 2.33 bits per heavy atom. The van der Waals surface area contributed by atoms with Crippen molar-refractivity contribution >= 4 is 50.7 Å². The predicted molar refractivity (Wildman–Crippen MR) is 117 cm³/mol. The molecule has 1 atom stereocenters. The molecule has 1 N–H and O–H groups in total. The molecule has 3 heterocycles. The summed E-state index contributed by atoms with van der Waals surface area (Å²) in [5.74, 6) is 0.284. The molecule has 30 heavy (non-hydrogen) atoms. The third-order valence-electron chi connectivity index (χ3n) is 5.45. The highest BCUT2D eigenvalue weighted by Gasteiger charge is 2.37. The maximum atomic E-state index is 13.3. The summed E-state index contributed by atoms with van der Waals surface area (Å²) in [6.45, 7) is 2.62. The van der Waals surface area contributed by atoms with Crippen molar-refractivity contribution in [1.29, 1.82) is 0 Å². The van der Waals surface area contributed by atoms with Gasteiger partial charge in [0.15, 0.2) is 0 Å². The lowest BCUT2D eigenvalue weighted by Crippen LogP contribution is -2.57. The molecule has 3 saturated heterocycles. The van der Waals surface area contributed by atoms with Crippen molar-refractivity contribution in [3.63, 3.8) is 0 Å². The molecule has 160 valence electrons. The molecule has 0 aliphatic carbocycles. The van der Waals surface area contributed by atoms with Crippen molar-refractivity contribution in [2.75, 3.05) is 19.6 Å². The highest BCUT2D eigenvalue weighted by atomic mass is 35.5. The van der Waals surface area contributed by atoms with Gasteiger partial charge in [-0.05, 0) is 56.1 Å². The second-order valence-electron chi connectivity index (χ2n) is 7.46. The van der Waals surface area contributed by atoms with Gasteiger partial charge in [0, 0.05) is 44.6 Å². The van der Waals surface area contributed by atoms with Crippen molar-refractivity contribution in [3.05, 3.63) is 56.6 Å². The number of piperidine rings is 3. The van der Waals surface area contributed by atoms with E-state index in [-0.39, 0.29) is 22.5 Å². The number of halogens is 2. The van der Waals surface area contributed by atoms with Crippen LogP contribution in [0.4, 0.5) is 5.69 Å². The zero-order valence-corrected chi connectivity index (χ0v) is 18.9. The van der Waals surface area contributed by atoms with Crippen molar-refractivity contribution in [1.82, 2.24) is 9.62 Å². The molecular weight excluding hydrogens is 469 g/mol. The maximum absolute atomic E-state index is 13.3. The molecule has 0 aromatic heterocycles. The van der Waals surface area contributed by atoms with Crippen LogP contribution in [0.2, 0.25) is 10.0 Å². The summed E-state index contributed by atoms with van der Waals surface area (Å²) in [5.41, 5.74) is -0.280. The number of hydrogen-bond donors (Lipinski definition) is 1. The van der Waals surface area contributed by atoms with Gasteiger partial charge in [0.05, 0.1) is 4.92 Å². The first-order chi connectivity index (χ1) is 14.2. The summed E-state index contributed by atoms with van der Waals surface area (Å²) in [5, 5.41) is 12.1. The molecule has 2 aromatic carbocycles. The molecule has 3 aliphatic rings. The topological polar surface area (TPSA) is 92.5 Å². The van der Waals surface area contributed by atoms with Crippen LogP contribution in [-0.4, -0.2) is 43.9 Å². The van der Waals surface area contributed by atoms with Crippen LogP contribution in [0.5, 0.6) is 0 Å². The monoisotopic (exact) mass is 487 g/mol. The molecule has 0 radical (unpaired) electrons. The van der Waals surface area contributed by atoms with Crippen LogP contribution in [-0.2, 0) is 10.0 Å². The highest BCUT2D eigenvalue weighted by Crippen LogP contribution is 2.38. The molecule has 2 bridgehead atoms. The summed E-state index contributed by atoms with van der Waals surface area (Å²) < 4.78 is 29.4. The fourth-order valence-corrected chi connectivity index (χ4v) is 7.41. The van der Waals surface area contributed by atoms with Crippen LogP contribution in [0.1, 0.15) is 12.8 Å². The fraction of sp³-hybridized carbons (Fsp3) is 0.368. The van der Waals surface area contributed by atoms with Crippen LogP contribution in [0.3, 0.4) is 0 Å². The third kappa shape index (κ3) is 4.76. The van der Waals surface area contributed by atoms with Crippen molar-refractivity contribution in [3.8, 4) is 0 Å². The number of sulfonamides is 1. The zero-order valence-electron chi connectivity index (χ0n) is 15.8. The van der Waals surface area contributed by atoms with E-state index >= 15 is 0 Å². The molecular formula is C19H19Cl2N3O4S2. The van der Waals surface area contributed by atoms with Gasteiger partial charge in [-0.1, -0.05) is 35.0 Å². The van der Waals surface area contributed by atoms with E-state index in [0.29, 0.717) is 26.4 Å². The van der Waals surface area contributed by atoms with Gasteiger partial charge < -0.3 is 4.90 Å². The molecule has 3 aliphatic heterocycles. The first-order valence-corrected chi connectivity index (χ1v) is 12.4. The van der Waals surface area contributed by atoms with Gasteiger partial charge in [0.2, 0.25) is 10.0 Å². The minimum atomic E-state index is -3.98. The van der Waals surface area contributed by atoms with Crippen LogP contribution in [0, 0.1) is 16.0 Å². The van der Waals surface area contributed by atoms with E-state index in [1.54, 1.807) is 18.2 Å². The molecule has 0 amide bonds. The number of benzene rings is 2. The number of nitrogens with zero attached hydrogens (tertiary/aromatic N) is 2. The summed E-state index contributed by atoms with van der Waals surface area (Å²) in [4.78, 5) is 13.8. The zero-order chi connectivity index (χ0) is 21.5. The molecule has 2 aromatic rings.